The SMILES string of the molecule is C=C(C)NS(C)(=O)=O. The van der Waals surface area contributed by atoms with E-state index in [1.54, 1.807) is 6.92 Å². The van der Waals surface area contributed by atoms with Crippen LogP contribution in [-0.2, 0) is 10.0 Å². The van der Waals surface area contributed by atoms with Crippen LogP contribution in [-0.4, -0.2) is 14.7 Å². The van der Waals surface area contributed by atoms with Gasteiger partial charge in [0.05, 0.1) is 6.26 Å². The second kappa shape index (κ2) is 2.17. The van der Waals surface area contributed by atoms with Gasteiger partial charge in [-0.1, -0.05) is 6.58 Å². The van der Waals surface area contributed by atoms with Crippen molar-refractivity contribution in [3.8, 4) is 0 Å². The van der Waals surface area contributed by atoms with Gasteiger partial charge in [-0.25, -0.2) is 8.42 Å². The van der Waals surface area contributed by atoms with Crippen molar-refractivity contribution >= 4 is 10.0 Å². The molecule has 4 heteroatoms. The highest BCUT2D eigenvalue weighted by Gasteiger charge is 1.95. The molecule has 0 fully saturated rings. The smallest absolute Gasteiger partial charge is 0.229 e. The van der Waals surface area contributed by atoms with Crippen LogP contribution in [0.3, 0.4) is 0 Å². The Bertz CT molecular complexity index is 180. The van der Waals surface area contributed by atoms with Crippen molar-refractivity contribution in [1.82, 2.24) is 4.72 Å². The molecule has 0 heterocycles. The summed E-state index contributed by atoms with van der Waals surface area (Å²) in [5.41, 5.74) is 0.438. The molecule has 0 amide bonds. The maximum atomic E-state index is 10.3. The van der Waals surface area contributed by atoms with Crippen molar-refractivity contribution in [2.75, 3.05) is 6.26 Å². The van der Waals surface area contributed by atoms with E-state index in [0.29, 0.717) is 5.70 Å². The highest BCUT2D eigenvalue weighted by molar-refractivity contribution is 7.88. The van der Waals surface area contributed by atoms with Gasteiger partial charge in [0.15, 0.2) is 0 Å². The number of allylic oxidation sites excluding steroid dienone is 1. The summed E-state index contributed by atoms with van der Waals surface area (Å²) in [7, 11) is -3.07. The van der Waals surface area contributed by atoms with Crippen molar-refractivity contribution in [2.24, 2.45) is 0 Å². The molecule has 0 spiro atoms. The summed E-state index contributed by atoms with van der Waals surface area (Å²) in [6.45, 7) is 4.93. The minimum Gasteiger partial charge on any atom is -0.288 e. The molecule has 0 aromatic carbocycles. The van der Waals surface area contributed by atoms with Crippen LogP contribution >= 0.6 is 0 Å². The monoisotopic (exact) mass is 135 g/mol. The minimum absolute atomic E-state index is 0.438. The molecule has 0 aliphatic rings. The third-order valence-electron chi connectivity index (χ3n) is 0.360. The van der Waals surface area contributed by atoms with Crippen LogP contribution in [0, 0.1) is 0 Å². The van der Waals surface area contributed by atoms with Crippen LogP contribution in [0.25, 0.3) is 0 Å². The fraction of sp³-hybridized carbons (Fsp3) is 0.500. The molecule has 48 valence electrons. The standard InChI is InChI=1S/C4H9NO2S/c1-4(2)5-8(3,6)7/h5H,1H2,2-3H3. The average molecular weight is 135 g/mol. The Kier molecular flexibility index (Phi) is 2.03. The second-order valence-electron chi connectivity index (χ2n) is 1.65. The minimum atomic E-state index is -3.07. The topological polar surface area (TPSA) is 46.2 Å². The summed E-state index contributed by atoms with van der Waals surface area (Å²) in [4.78, 5) is 0. The Morgan fingerprint density at radius 3 is 2.00 bits per heavy atom. The molecule has 0 atom stereocenters. The van der Waals surface area contributed by atoms with Gasteiger partial charge in [0.2, 0.25) is 10.0 Å². The Balaban J connectivity index is 3.95. The molecule has 3 nitrogen and oxygen atoms in total. The molecule has 0 saturated heterocycles. The Hall–Kier alpha value is -0.510. The van der Waals surface area contributed by atoms with Gasteiger partial charge in [-0.05, 0) is 6.92 Å². The average Bonchev–Trinajstić information content (AvgIpc) is 1.21. The predicted molar refractivity (Wildman–Crippen MR) is 32.8 cm³/mol. The van der Waals surface area contributed by atoms with Gasteiger partial charge in [0.25, 0.3) is 0 Å². The molecule has 1 N–H and O–H groups in total. The summed E-state index contributed by atoms with van der Waals surface area (Å²) in [5.74, 6) is 0. The lowest BCUT2D eigenvalue weighted by molar-refractivity contribution is 0.595. The van der Waals surface area contributed by atoms with Crippen molar-refractivity contribution in [3.63, 3.8) is 0 Å². The Morgan fingerprint density at radius 1 is 1.62 bits per heavy atom. The number of rotatable bonds is 2. The third kappa shape index (κ3) is 5.49. The number of sulfonamides is 1. The van der Waals surface area contributed by atoms with E-state index in [1.807, 2.05) is 0 Å². The summed E-state index contributed by atoms with van der Waals surface area (Å²) in [5, 5.41) is 0. The second-order valence-corrected chi connectivity index (χ2v) is 3.40. The highest BCUT2D eigenvalue weighted by Crippen LogP contribution is 1.81. The molecule has 0 radical (unpaired) electrons. The van der Waals surface area contributed by atoms with E-state index in [4.69, 9.17) is 0 Å². The molecule has 0 bridgehead atoms. The molecule has 0 saturated carbocycles. The summed E-state index contributed by atoms with van der Waals surface area (Å²) in [6.07, 6.45) is 1.08. The van der Waals surface area contributed by atoms with E-state index in [-0.39, 0.29) is 0 Å². The normalized spacial score (nSPS) is 10.8. The van der Waals surface area contributed by atoms with Crippen molar-refractivity contribution in [2.45, 2.75) is 6.92 Å². The van der Waals surface area contributed by atoms with Crippen LogP contribution in [0.5, 0.6) is 0 Å². The number of hydrogen-bond donors (Lipinski definition) is 1. The maximum absolute atomic E-state index is 10.3. The molecule has 0 aliphatic carbocycles. The van der Waals surface area contributed by atoms with E-state index in [2.05, 4.69) is 11.3 Å². The van der Waals surface area contributed by atoms with Crippen LogP contribution in [0.15, 0.2) is 12.3 Å². The first-order valence-corrected chi connectivity index (χ1v) is 3.94. The molecule has 0 rings (SSSR count). The molecular weight excluding hydrogens is 126 g/mol. The van der Waals surface area contributed by atoms with E-state index >= 15 is 0 Å². The van der Waals surface area contributed by atoms with Gasteiger partial charge in [-0.3, -0.25) is 4.72 Å². The van der Waals surface area contributed by atoms with Gasteiger partial charge in [0, 0.05) is 5.70 Å². The fourth-order valence-corrected chi connectivity index (χ4v) is 0.949. The van der Waals surface area contributed by atoms with E-state index in [1.165, 1.54) is 0 Å². The molecule has 0 unspecified atom stereocenters. The third-order valence-corrected chi connectivity index (χ3v) is 1.08. The lowest BCUT2D eigenvalue weighted by Gasteiger charge is -1.98. The van der Waals surface area contributed by atoms with Gasteiger partial charge in [-0.2, -0.15) is 0 Å². The van der Waals surface area contributed by atoms with Crippen LogP contribution in [0.4, 0.5) is 0 Å². The first-order valence-electron chi connectivity index (χ1n) is 2.05. The quantitative estimate of drug-likeness (QED) is 0.582. The van der Waals surface area contributed by atoms with Crippen molar-refractivity contribution < 1.29 is 8.42 Å². The lowest BCUT2D eigenvalue weighted by atomic mass is 10.6. The van der Waals surface area contributed by atoms with Crippen LogP contribution in [0.2, 0.25) is 0 Å². The van der Waals surface area contributed by atoms with Crippen LogP contribution in [0.1, 0.15) is 6.92 Å². The van der Waals surface area contributed by atoms with E-state index in [0.717, 1.165) is 6.26 Å². The number of nitrogens with one attached hydrogen (secondary N) is 1. The number of hydrogen-bond acceptors (Lipinski definition) is 2. The zero-order valence-electron chi connectivity index (χ0n) is 4.93. The van der Waals surface area contributed by atoms with E-state index < -0.39 is 10.0 Å². The van der Waals surface area contributed by atoms with Gasteiger partial charge in [-0.15, -0.1) is 0 Å². The van der Waals surface area contributed by atoms with Gasteiger partial charge in [0.1, 0.15) is 0 Å². The lowest BCUT2D eigenvalue weighted by Crippen LogP contribution is -2.18. The summed E-state index contributed by atoms with van der Waals surface area (Å²) < 4.78 is 22.7. The van der Waals surface area contributed by atoms with E-state index in [9.17, 15) is 8.42 Å². The highest BCUT2D eigenvalue weighted by atomic mass is 32.2. The predicted octanol–water partition coefficient (Wildman–Crippen LogP) is 0.0692. The molecule has 8 heavy (non-hydrogen) atoms. The van der Waals surface area contributed by atoms with Crippen LogP contribution < -0.4 is 4.72 Å². The largest absolute Gasteiger partial charge is 0.288 e. The molecule has 0 aliphatic heterocycles. The Morgan fingerprint density at radius 2 is 2.00 bits per heavy atom. The summed E-state index contributed by atoms with van der Waals surface area (Å²) in [6, 6.07) is 0. The van der Waals surface area contributed by atoms with Crippen molar-refractivity contribution in [1.29, 1.82) is 0 Å². The molecule has 0 aromatic heterocycles. The first-order chi connectivity index (χ1) is 3.42. The van der Waals surface area contributed by atoms with Gasteiger partial charge >= 0.3 is 0 Å². The zero-order valence-corrected chi connectivity index (χ0v) is 5.75. The molecule has 0 aromatic rings. The summed E-state index contributed by atoms with van der Waals surface area (Å²) >= 11 is 0. The van der Waals surface area contributed by atoms with Crippen molar-refractivity contribution in [3.05, 3.63) is 12.3 Å². The fourth-order valence-electron chi connectivity index (χ4n) is 0.316. The maximum Gasteiger partial charge on any atom is 0.229 e. The van der Waals surface area contributed by atoms with Gasteiger partial charge < -0.3 is 0 Å². The zero-order chi connectivity index (χ0) is 6.78. The Labute approximate surface area is 49.5 Å². The molecular formula is C4H9NO2S. The first kappa shape index (κ1) is 7.49.